The van der Waals surface area contributed by atoms with Crippen molar-refractivity contribution in [1.29, 1.82) is 0 Å². The number of hydrogen-bond donors (Lipinski definition) is 2. The third-order valence-corrected chi connectivity index (χ3v) is 2.73. The predicted octanol–water partition coefficient (Wildman–Crippen LogP) is 2.80. The van der Waals surface area contributed by atoms with Gasteiger partial charge in [-0.3, -0.25) is 4.99 Å². The van der Waals surface area contributed by atoms with Crippen LogP contribution in [0.3, 0.4) is 0 Å². The summed E-state index contributed by atoms with van der Waals surface area (Å²) in [6.07, 6.45) is 1.09. The summed E-state index contributed by atoms with van der Waals surface area (Å²) >= 11 is 0. The van der Waals surface area contributed by atoms with Crippen molar-refractivity contribution in [3.05, 3.63) is 29.8 Å². The van der Waals surface area contributed by atoms with Crippen LogP contribution in [0.5, 0.6) is 5.75 Å². The maximum Gasteiger partial charge on any atom is 0.191 e. The summed E-state index contributed by atoms with van der Waals surface area (Å²) < 4.78 is 5.67. The standard InChI is InChI=1S/C16H27N3O/c1-5-10-18-16(17-4)19-11-14-6-8-15(9-7-14)20-12-13(2)3/h6-9,13H,5,10-12H2,1-4H3,(H2,17,18,19). The summed E-state index contributed by atoms with van der Waals surface area (Å²) in [5.41, 5.74) is 1.21. The van der Waals surface area contributed by atoms with Gasteiger partial charge in [0, 0.05) is 20.1 Å². The zero-order valence-corrected chi connectivity index (χ0v) is 13.1. The highest BCUT2D eigenvalue weighted by Gasteiger charge is 1.99. The summed E-state index contributed by atoms with van der Waals surface area (Å²) in [6, 6.07) is 8.19. The van der Waals surface area contributed by atoms with Gasteiger partial charge >= 0.3 is 0 Å². The van der Waals surface area contributed by atoms with Crippen LogP contribution in [0.25, 0.3) is 0 Å². The first-order valence-electron chi connectivity index (χ1n) is 7.32. The normalized spacial score (nSPS) is 11.6. The van der Waals surface area contributed by atoms with Gasteiger partial charge in [0.2, 0.25) is 0 Å². The van der Waals surface area contributed by atoms with E-state index in [9.17, 15) is 0 Å². The second-order valence-corrected chi connectivity index (χ2v) is 5.20. The Kier molecular flexibility index (Phi) is 7.55. The molecule has 1 rings (SSSR count). The van der Waals surface area contributed by atoms with E-state index in [4.69, 9.17) is 4.74 Å². The molecule has 112 valence electrons. The van der Waals surface area contributed by atoms with Crippen LogP contribution in [-0.2, 0) is 6.54 Å². The van der Waals surface area contributed by atoms with Gasteiger partial charge in [0.05, 0.1) is 6.61 Å². The predicted molar refractivity (Wildman–Crippen MR) is 85.3 cm³/mol. The molecule has 0 radical (unpaired) electrons. The molecule has 0 heterocycles. The van der Waals surface area contributed by atoms with Crippen molar-refractivity contribution >= 4 is 5.96 Å². The number of ether oxygens (including phenoxy) is 1. The van der Waals surface area contributed by atoms with Crippen LogP contribution in [-0.4, -0.2) is 26.2 Å². The number of hydrogen-bond acceptors (Lipinski definition) is 2. The van der Waals surface area contributed by atoms with E-state index < -0.39 is 0 Å². The Hall–Kier alpha value is -1.71. The van der Waals surface area contributed by atoms with Gasteiger partial charge in [-0.1, -0.05) is 32.9 Å². The molecule has 0 aliphatic heterocycles. The van der Waals surface area contributed by atoms with Gasteiger partial charge in [-0.05, 0) is 30.0 Å². The van der Waals surface area contributed by atoms with E-state index >= 15 is 0 Å². The van der Waals surface area contributed by atoms with Crippen molar-refractivity contribution in [2.24, 2.45) is 10.9 Å². The third kappa shape index (κ3) is 6.45. The molecule has 0 spiro atoms. The van der Waals surface area contributed by atoms with Crippen molar-refractivity contribution in [2.45, 2.75) is 33.7 Å². The molecule has 0 amide bonds. The number of benzene rings is 1. The van der Waals surface area contributed by atoms with Crippen LogP contribution in [0, 0.1) is 5.92 Å². The molecular formula is C16H27N3O. The molecule has 0 unspecified atom stereocenters. The summed E-state index contributed by atoms with van der Waals surface area (Å²) in [5.74, 6) is 2.31. The van der Waals surface area contributed by atoms with Crippen LogP contribution >= 0.6 is 0 Å². The fourth-order valence-electron chi connectivity index (χ4n) is 1.62. The third-order valence-electron chi connectivity index (χ3n) is 2.73. The molecule has 1 aromatic rings. The second kappa shape index (κ2) is 9.23. The van der Waals surface area contributed by atoms with Crippen LogP contribution in [0.2, 0.25) is 0 Å². The number of aliphatic imine (C=N–C) groups is 1. The van der Waals surface area contributed by atoms with E-state index in [-0.39, 0.29) is 0 Å². The minimum absolute atomic E-state index is 0.546. The smallest absolute Gasteiger partial charge is 0.191 e. The van der Waals surface area contributed by atoms with Gasteiger partial charge in [0.1, 0.15) is 5.75 Å². The molecule has 0 saturated carbocycles. The molecule has 0 aliphatic rings. The largest absolute Gasteiger partial charge is 0.493 e. The second-order valence-electron chi connectivity index (χ2n) is 5.20. The molecule has 0 saturated heterocycles. The molecule has 0 aromatic heterocycles. The molecule has 1 aromatic carbocycles. The molecule has 0 fully saturated rings. The lowest BCUT2D eigenvalue weighted by Gasteiger charge is -2.12. The maximum absolute atomic E-state index is 5.67. The molecule has 4 heteroatoms. The average molecular weight is 277 g/mol. The first-order chi connectivity index (χ1) is 9.65. The number of guanidine groups is 1. The van der Waals surface area contributed by atoms with E-state index in [1.807, 2.05) is 12.1 Å². The quantitative estimate of drug-likeness (QED) is 0.595. The lowest BCUT2D eigenvalue weighted by Crippen LogP contribution is -2.37. The summed E-state index contributed by atoms with van der Waals surface area (Å²) in [7, 11) is 1.79. The van der Waals surface area contributed by atoms with Gasteiger partial charge in [0.25, 0.3) is 0 Å². The van der Waals surface area contributed by atoms with E-state index in [0.29, 0.717) is 5.92 Å². The zero-order valence-electron chi connectivity index (χ0n) is 13.1. The number of nitrogens with zero attached hydrogens (tertiary/aromatic N) is 1. The van der Waals surface area contributed by atoms with Gasteiger partial charge in [-0.25, -0.2) is 0 Å². The van der Waals surface area contributed by atoms with E-state index in [1.165, 1.54) is 5.56 Å². The van der Waals surface area contributed by atoms with Crippen LogP contribution in [0.15, 0.2) is 29.3 Å². The van der Waals surface area contributed by atoms with Crippen molar-refractivity contribution in [2.75, 3.05) is 20.2 Å². The molecule has 0 aliphatic carbocycles. The molecular weight excluding hydrogens is 250 g/mol. The van der Waals surface area contributed by atoms with E-state index in [0.717, 1.165) is 37.8 Å². The van der Waals surface area contributed by atoms with Crippen molar-refractivity contribution in [3.63, 3.8) is 0 Å². The molecule has 0 bridgehead atoms. The average Bonchev–Trinajstić information content (AvgIpc) is 2.46. The lowest BCUT2D eigenvalue weighted by molar-refractivity contribution is 0.271. The Labute approximate surface area is 122 Å². The van der Waals surface area contributed by atoms with Crippen LogP contribution in [0.4, 0.5) is 0 Å². The van der Waals surface area contributed by atoms with Gasteiger partial charge in [0.15, 0.2) is 5.96 Å². The first-order valence-corrected chi connectivity index (χ1v) is 7.32. The minimum Gasteiger partial charge on any atom is -0.493 e. The Balaban J connectivity index is 2.41. The zero-order chi connectivity index (χ0) is 14.8. The number of nitrogens with one attached hydrogen (secondary N) is 2. The van der Waals surface area contributed by atoms with Crippen LogP contribution in [0.1, 0.15) is 32.8 Å². The highest BCUT2D eigenvalue weighted by molar-refractivity contribution is 5.79. The van der Waals surface area contributed by atoms with Crippen molar-refractivity contribution < 1.29 is 4.74 Å². The van der Waals surface area contributed by atoms with Gasteiger partial charge < -0.3 is 15.4 Å². The van der Waals surface area contributed by atoms with Crippen molar-refractivity contribution in [3.8, 4) is 5.75 Å². The molecule has 0 atom stereocenters. The van der Waals surface area contributed by atoms with Crippen LogP contribution < -0.4 is 15.4 Å². The SMILES string of the molecule is CCCNC(=NC)NCc1ccc(OCC(C)C)cc1. The van der Waals surface area contributed by atoms with E-state index in [1.54, 1.807) is 7.05 Å². The Morgan fingerprint density at radius 2 is 1.90 bits per heavy atom. The monoisotopic (exact) mass is 277 g/mol. The van der Waals surface area contributed by atoms with Crippen molar-refractivity contribution in [1.82, 2.24) is 10.6 Å². The Bertz CT molecular complexity index is 399. The van der Waals surface area contributed by atoms with E-state index in [2.05, 4.69) is 48.5 Å². The highest BCUT2D eigenvalue weighted by Crippen LogP contribution is 2.13. The Morgan fingerprint density at radius 1 is 1.20 bits per heavy atom. The topological polar surface area (TPSA) is 45.7 Å². The molecule has 20 heavy (non-hydrogen) atoms. The van der Waals surface area contributed by atoms with Gasteiger partial charge in [-0.15, -0.1) is 0 Å². The summed E-state index contributed by atoms with van der Waals surface area (Å²) in [5, 5.41) is 6.54. The van der Waals surface area contributed by atoms with Gasteiger partial charge in [-0.2, -0.15) is 0 Å². The maximum atomic E-state index is 5.67. The fourth-order valence-corrected chi connectivity index (χ4v) is 1.62. The lowest BCUT2D eigenvalue weighted by atomic mass is 10.2. The molecule has 4 nitrogen and oxygen atoms in total. The number of rotatable bonds is 7. The first kappa shape index (κ1) is 16.3. The summed E-state index contributed by atoms with van der Waals surface area (Å²) in [4.78, 5) is 4.18. The highest BCUT2D eigenvalue weighted by atomic mass is 16.5. The minimum atomic E-state index is 0.546. The summed E-state index contributed by atoms with van der Waals surface area (Å²) in [6.45, 7) is 8.87. The molecule has 2 N–H and O–H groups in total. The Morgan fingerprint density at radius 3 is 2.45 bits per heavy atom. The fraction of sp³-hybridized carbons (Fsp3) is 0.562.